The van der Waals surface area contributed by atoms with Gasteiger partial charge in [0.15, 0.2) is 0 Å². The molecule has 1 fully saturated rings. The molecule has 1 radical (unpaired) electrons. The van der Waals surface area contributed by atoms with E-state index in [1.807, 2.05) is 7.05 Å². The standard InChI is InChI=1S/C18H31N2O4/c1-3-16(21)20(2)13-14-8-10-15(11-9-14)18(24)19-12-6-4-5-7-17(22)23/h14-15H,1,3-13H2,2H3,(H,19,24)(H,22,23). The maximum Gasteiger partial charge on any atom is 0.303 e. The second-order valence-electron chi connectivity index (χ2n) is 6.74. The fraction of sp³-hybridized carbons (Fsp3) is 0.778. The lowest BCUT2D eigenvalue weighted by atomic mass is 9.81. The van der Waals surface area contributed by atoms with Crippen LogP contribution in [-0.2, 0) is 14.4 Å². The minimum Gasteiger partial charge on any atom is -0.481 e. The zero-order valence-corrected chi connectivity index (χ0v) is 14.8. The van der Waals surface area contributed by atoms with Gasteiger partial charge in [-0.1, -0.05) is 6.42 Å². The Bertz CT molecular complexity index is 417. The van der Waals surface area contributed by atoms with Crippen LogP contribution in [0.25, 0.3) is 0 Å². The molecule has 0 unspecified atom stereocenters. The van der Waals surface area contributed by atoms with Gasteiger partial charge in [-0.15, -0.1) is 0 Å². The van der Waals surface area contributed by atoms with Gasteiger partial charge >= 0.3 is 5.97 Å². The van der Waals surface area contributed by atoms with E-state index in [0.29, 0.717) is 25.3 Å². The van der Waals surface area contributed by atoms with Gasteiger partial charge in [0.05, 0.1) is 0 Å². The van der Waals surface area contributed by atoms with Crippen LogP contribution in [0.15, 0.2) is 0 Å². The minimum atomic E-state index is -0.765. The summed E-state index contributed by atoms with van der Waals surface area (Å²) in [6.45, 7) is 5.00. The summed E-state index contributed by atoms with van der Waals surface area (Å²) < 4.78 is 0. The average molecular weight is 339 g/mol. The number of amides is 2. The van der Waals surface area contributed by atoms with Crippen LogP contribution < -0.4 is 5.32 Å². The molecule has 0 aromatic heterocycles. The number of carbonyl (C=O) groups excluding carboxylic acids is 2. The van der Waals surface area contributed by atoms with E-state index in [-0.39, 0.29) is 24.2 Å². The number of nitrogens with zero attached hydrogens (tertiary/aromatic N) is 1. The summed E-state index contributed by atoms with van der Waals surface area (Å²) in [5.41, 5.74) is 0. The van der Waals surface area contributed by atoms with Crippen molar-refractivity contribution in [3.05, 3.63) is 6.92 Å². The maximum atomic E-state index is 12.1. The topological polar surface area (TPSA) is 86.7 Å². The summed E-state index contributed by atoms with van der Waals surface area (Å²) in [7, 11) is 1.82. The van der Waals surface area contributed by atoms with Crippen LogP contribution in [0.4, 0.5) is 0 Å². The molecule has 0 bridgehead atoms. The molecule has 0 aliphatic heterocycles. The van der Waals surface area contributed by atoms with Crippen LogP contribution in [0.5, 0.6) is 0 Å². The van der Waals surface area contributed by atoms with Crippen LogP contribution >= 0.6 is 0 Å². The lowest BCUT2D eigenvalue weighted by Crippen LogP contribution is -2.37. The second-order valence-corrected chi connectivity index (χ2v) is 6.74. The van der Waals surface area contributed by atoms with Gasteiger partial charge in [0.2, 0.25) is 11.8 Å². The molecule has 0 aromatic rings. The first-order valence-electron chi connectivity index (χ1n) is 8.96. The summed E-state index contributed by atoms with van der Waals surface area (Å²) >= 11 is 0. The number of aliphatic carboxylic acids is 1. The third-order valence-electron chi connectivity index (χ3n) is 4.76. The number of carbonyl (C=O) groups is 3. The highest BCUT2D eigenvalue weighted by molar-refractivity contribution is 5.78. The van der Waals surface area contributed by atoms with Crippen LogP contribution in [0, 0.1) is 18.8 Å². The van der Waals surface area contributed by atoms with Crippen molar-refractivity contribution in [2.24, 2.45) is 11.8 Å². The molecule has 6 heteroatoms. The highest BCUT2D eigenvalue weighted by Gasteiger charge is 2.27. The minimum absolute atomic E-state index is 0.0674. The van der Waals surface area contributed by atoms with Crippen molar-refractivity contribution in [3.8, 4) is 0 Å². The van der Waals surface area contributed by atoms with Crippen molar-refractivity contribution in [1.29, 1.82) is 0 Å². The predicted molar refractivity (Wildman–Crippen MR) is 92.2 cm³/mol. The molecule has 2 amide bonds. The number of unbranched alkanes of at least 4 members (excludes halogenated alkanes) is 2. The Balaban J connectivity index is 2.14. The van der Waals surface area contributed by atoms with E-state index in [1.165, 1.54) is 0 Å². The number of carboxylic acids is 1. The lowest BCUT2D eigenvalue weighted by Gasteiger charge is -2.30. The molecule has 24 heavy (non-hydrogen) atoms. The Morgan fingerprint density at radius 1 is 1.12 bits per heavy atom. The molecule has 1 saturated carbocycles. The number of hydrogen-bond acceptors (Lipinski definition) is 3. The molecule has 0 atom stereocenters. The fourth-order valence-corrected chi connectivity index (χ4v) is 3.22. The third-order valence-corrected chi connectivity index (χ3v) is 4.76. The lowest BCUT2D eigenvalue weighted by molar-refractivity contribution is -0.137. The van der Waals surface area contributed by atoms with E-state index in [4.69, 9.17) is 5.11 Å². The molecule has 6 nitrogen and oxygen atoms in total. The van der Waals surface area contributed by atoms with Crippen LogP contribution in [0.3, 0.4) is 0 Å². The zero-order valence-electron chi connectivity index (χ0n) is 14.8. The Morgan fingerprint density at radius 2 is 1.79 bits per heavy atom. The molecular formula is C18H31N2O4. The highest BCUT2D eigenvalue weighted by Crippen LogP contribution is 2.29. The van der Waals surface area contributed by atoms with Crippen molar-refractivity contribution < 1.29 is 19.5 Å². The smallest absolute Gasteiger partial charge is 0.303 e. The van der Waals surface area contributed by atoms with E-state index in [0.717, 1.165) is 45.1 Å². The third kappa shape index (κ3) is 7.79. The molecule has 1 rings (SSSR count). The molecule has 137 valence electrons. The van der Waals surface area contributed by atoms with Gasteiger partial charge in [0.25, 0.3) is 0 Å². The summed E-state index contributed by atoms with van der Waals surface area (Å²) in [6.07, 6.45) is 6.51. The van der Waals surface area contributed by atoms with E-state index in [9.17, 15) is 14.4 Å². The van der Waals surface area contributed by atoms with Gasteiger partial charge in [-0.25, -0.2) is 0 Å². The van der Waals surface area contributed by atoms with E-state index < -0.39 is 5.97 Å². The molecular weight excluding hydrogens is 308 g/mol. The Kier molecular flexibility index (Phi) is 9.42. The number of nitrogens with one attached hydrogen (secondary N) is 1. The first-order valence-corrected chi connectivity index (χ1v) is 8.96. The van der Waals surface area contributed by atoms with Crippen molar-refractivity contribution in [2.75, 3.05) is 20.1 Å². The van der Waals surface area contributed by atoms with Gasteiger partial charge in [0.1, 0.15) is 0 Å². The van der Waals surface area contributed by atoms with Gasteiger partial charge in [-0.3, -0.25) is 14.4 Å². The quantitative estimate of drug-likeness (QED) is 0.598. The summed E-state index contributed by atoms with van der Waals surface area (Å²) in [6, 6.07) is 0. The van der Waals surface area contributed by atoms with Crippen molar-refractivity contribution in [3.63, 3.8) is 0 Å². The van der Waals surface area contributed by atoms with Crippen molar-refractivity contribution in [2.45, 2.75) is 57.8 Å². The monoisotopic (exact) mass is 339 g/mol. The number of carboxylic acid groups (broad SMARTS) is 1. The average Bonchev–Trinajstić information content (AvgIpc) is 2.57. The summed E-state index contributed by atoms with van der Waals surface area (Å²) in [5.74, 6) is -0.0235. The van der Waals surface area contributed by atoms with Crippen molar-refractivity contribution >= 4 is 17.8 Å². The highest BCUT2D eigenvalue weighted by atomic mass is 16.4. The Hall–Kier alpha value is -1.59. The van der Waals surface area contributed by atoms with Crippen LogP contribution in [0.2, 0.25) is 0 Å². The SMILES string of the molecule is [CH2]CC(=O)N(C)CC1CCC(C(=O)NCCCCCC(=O)O)CC1. The second kappa shape index (κ2) is 11.0. The largest absolute Gasteiger partial charge is 0.481 e. The van der Waals surface area contributed by atoms with E-state index in [1.54, 1.807) is 4.90 Å². The van der Waals surface area contributed by atoms with Gasteiger partial charge in [-0.2, -0.15) is 0 Å². The molecule has 1 aliphatic rings. The van der Waals surface area contributed by atoms with Crippen LogP contribution in [-0.4, -0.2) is 47.9 Å². The fourth-order valence-electron chi connectivity index (χ4n) is 3.22. The first kappa shape index (κ1) is 20.5. The van der Waals surface area contributed by atoms with Gasteiger partial charge < -0.3 is 15.3 Å². The molecule has 1 aliphatic carbocycles. The molecule has 0 spiro atoms. The molecule has 2 N–H and O–H groups in total. The maximum absolute atomic E-state index is 12.1. The van der Waals surface area contributed by atoms with Crippen LogP contribution in [0.1, 0.15) is 57.8 Å². The van der Waals surface area contributed by atoms with E-state index in [2.05, 4.69) is 12.2 Å². The Morgan fingerprint density at radius 3 is 2.38 bits per heavy atom. The van der Waals surface area contributed by atoms with E-state index >= 15 is 0 Å². The Labute approximate surface area is 145 Å². The first-order chi connectivity index (χ1) is 11.4. The van der Waals surface area contributed by atoms with Gasteiger partial charge in [-0.05, 0) is 51.4 Å². The predicted octanol–water partition coefficient (Wildman–Crippen LogP) is 2.24. The zero-order chi connectivity index (χ0) is 17.9. The number of hydrogen-bond donors (Lipinski definition) is 2. The normalized spacial score (nSPS) is 20.4. The van der Waals surface area contributed by atoms with Gasteiger partial charge in [0, 0.05) is 38.9 Å². The number of rotatable bonds is 10. The molecule has 0 saturated heterocycles. The van der Waals surface area contributed by atoms with Crippen molar-refractivity contribution in [1.82, 2.24) is 10.2 Å². The summed E-state index contributed by atoms with van der Waals surface area (Å²) in [5, 5.41) is 11.5. The summed E-state index contributed by atoms with van der Waals surface area (Å²) in [4.78, 5) is 35.8. The molecule has 0 heterocycles. The molecule has 0 aromatic carbocycles.